The lowest BCUT2D eigenvalue weighted by Crippen LogP contribution is -1.94. The molecule has 0 aromatic heterocycles. The van der Waals surface area contributed by atoms with Crippen molar-refractivity contribution in [1.82, 2.24) is 0 Å². The number of nitro benzene ring substituents is 1. The van der Waals surface area contributed by atoms with Crippen LogP contribution in [0.2, 0.25) is 0 Å². The molecule has 2 aromatic carbocycles. The highest BCUT2D eigenvalue weighted by molar-refractivity contribution is 9.10. The normalized spacial score (nSPS) is 9.85. The largest absolute Gasteiger partial charge is 0.450 e. The fourth-order valence-corrected chi connectivity index (χ4v) is 2.14. The highest BCUT2D eigenvalue weighted by Gasteiger charge is 2.16. The van der Waals surface area contributed by atoms with E-state index in [4.69, 9.17) is 10.00 Å². The second kappa shape index (κ2) is 5.72. The van der Waals surface area contributed by atoms with Crippen molar-refractivity contribution in [3.8, 4) is 17.6 Å². The molecular weight excluding hydrogens is 324 g/mol. The Balaban J connectivity index is 2.44. The summed E-state index contributed by atoms with van der Waals surface area (Å²) in [6.07, 6.45) is 0. The molecule has 2 rings (SSSR count). The molecule has 0 aliphatic rings. The molecular formula is C14H9BrN2O3. The van der Waals surface area contributed by atoms with Crippen LogP contribution in [-0.2, 0) is 0 Å². The van der Waals surface area contributed by atoms with E-state index < -0.39 is 4.92 Å². The minimum atomic E-state index is -0.502. The van der Waals surface area contributed by atoms with E-state index in [1.807, 2.05) is 13.0 Å². The molecule has 2 aromatic rings. The third kappa shape index (κ3) is 3.13. The number of ether oxygens (including phenoxy) is 1. The summed E-state index contributed by atoms with van der Waals surface area (Å²) < 4.78 is 6.22. The second-order valence-corrected chi connectivity index (χ2v) is 5.03. The lowest BCUT2D eigenvalue weighted by molar-refractivity contribution is -0.385. The van der Waals surface area contributed by atoms with Gasteiger partial charge in [0.25, 0.3) is 0 Å². The van der Waals surface area contributed by atoms with E-state index in [0.29, 0.717) is 15.8 Å². The first-order chi connectivity index (χ1) is 9.49. The highest BCUT2D eigenvalue weighted by atomic mass is 79.9. The molecule has 20 heavy (non-hydrogen) atoms. The van der Waals surface area contributed by atoms with Gasteiger partial charge in [0.05, 0.1) is 16.6 Å². The maximum absolute atomic E-state index is 11.0. The predicted octanol–water partition coefficient (Wildman–Crippen LogP) is 4.33. The van der Waals surface area contributed by atoms with Gasteiger partial charge in [0, 0.05) is 10.5 Å². The summed E-state index contributed by atoms with van der Waals surface area (Å²) in [5, 5.41) is 19.9. The van der Waals surface area contributed by atoms with Crippen LogP contribution in [0.15, 0.2) is 40.9 Å². The number of hydrogen-bond donors (Lipinski definition) is 0. The van der Waals surface area contributed by atoms with Gasteiger partial charge < -0.3 is 4.74 Å². The standard InChI is InChI=1S/C14H9BrN2O3/c1-9-2-3-13(17(18)19)14(4-9)20-12-6-10(8-16)5-11(15)7-12/h2-7H,1H3. The number of nitrogens with zero attached hydrogens (tertiary/aromatic N) is 2. The van der Waals surface area contributed by atoms with Crippen LogP contribution in [0.5, 0.6) is 11.5 Å². The molecule has 5 nitrogen and oxygen atoms in total. The first kappa shape index (κ1) is 14.0. The molecule has 0 aliphatic heterocycles. The van der Waals surface area contributed by atoms with E-state index >= 15 is 0 Å². The Morgan fingerprint density at radius 1 is 1.30 bits per heavy atom. The molecule has 0 saturated heterocycles. The molecule has 0 unspecified atom stereocenters. The number of hydrogen-bond acceptors (Lipinski definition) is 4. The Kier molecular flexibility index (Phi) is 4.01. The average molecular weight is 333 g/mol. The zero-order chi connectivity index (χ0) is 14.7. The summed E-state index contributed by atoms with van der Waals surface area (Å²) in [5.74, 6) is 0.515. The van der Waals surface area contributed by atoms with Crippen molar-refractivity contribution in [3.63, 3.8) is 0 Å². The van der Waals surface area contributed by atoms with Gasteiger partial charge in [-0.3, -0.25) is 10.1 Å². The van der Waals surface area contributed by atoms with Crippen molar-refractivity contribution >= 4 is 21.6 Å². The zero-order valence-electron chi connectivity index (χ0n) is 10.5. The number of rotatable bonds is 3. The molecule has 0 aliphatic carbocycles. The van der Waals surface area contributed by atoms with E-state index in [-0.39, 0.29) is 11.4 Å². The SMILES string of the molecule is Cc1ccc([N+](=O)[O-])c(Oc2cc(Br)cc(C#N)c2)c1. The van der Waals surface area contributed by atoms with E-state index in [1.165, 1.54) is 12.1 Å². The van der Waals surface area contributed by atoms with Crippen LogP contribution in [0, 0.1) is 28.4 Å². The lowest BCUT2D eigenvalue weighted by atomic mass is 10.2. The van der Waals surface area contributed by atoms with Crippen LogP contribution >= 0.6 is 15.9 Å². The van der Waals surface area contributed by atoms with Gasteiger partial charge >= 0.3 is 5.69 Å². The van der Waals surface area contributed by atoms with Gasteiger partial charge in [-0.15, -0.1) is 0 Å². The Labute approximate surface area is 123 Å². The number of aryl methyl sites for hydroxylation is 1. The maximum atomic E-state index is 11.0. The summed E-state index contributed by atoms with van der Waals surface area (Å²) >= 11 is 3.26. The molecule has 100 valence electrons. The molecule has 0 heterocycles. The molecule has 0 amide bonds. The third-order valence-electron chi connectivity index (χ3n) is 2.54. The van der Waals surface area contributed by atoms with Crippen molar-refractivity contribution < 1.29 is 9.66 Å². The molecule has 6 heteroatoms. The summed E-state index contributed by atoms with van der Waals surface area (Å²) in [7, 11) is 0. The smallest absolute Gasteiger partial charge is 0.311 e. The maximum Gasteiger partial charge on any atom is 0.311 e. The number of nitro groups is 1. The molecule has 0 radical (unpaired) electrons. The average Bonchev–Trinajstić information content (AvgIpc) is 2.37. The summed E-state index contributed by atoms with van der Waals surface area (Å²) in [6.45, 7) is 1.82. The molecule has 0 fully saturated rings. The molecule has 0 bridgehead atoms. The van der Waals surface area contributed by atoms with E-state index in [2.05, 4.69) is 15.9 Å². The number of halogens is 1. The van der Waals surface area contributed by atoms with Crippen LogP contribution < -0.4 is 4.74 Å². The van der Waals surface area contributed by atoms with E-state index in [9.17, 15) is 10.1 Å². The predicted molar refractivity (Wildman–Crippen MR) is 76.8 cm³/mol. The van der Waals surface area contributed by atoms with Crippen molar-refractivity contribution in [3.05, 3.63) is 62.1 Å². The minimum Gasteiger partial charge on any atom is -0.450 e. The van der Waals surface area contributed by atoms with Crippen LogP contribution in [0.25, 0.3) is 0 Å². The van der Waals surface area contributed by atoms with Crippen molar-refractivity contribution in [2.24, 2.45) is 0 Å². The minimum absolute atomic E-state index is 0.117. The topological polar surface area (TPSA) is 76.2 Å². The summed E-state index contributed by atoms with van der Waals surface area (Å²) in [4.78, 5) is 10.5. The molecule has 0 spiro atoms. The zero-order valence-corrected chi connectivity index (χ0v) is 12.0. The van der Waals surface area contributed by atoms with Gasteiger partial charge in [-0.25, -0.2) is 0 Å². The van der Waals surface area contributed by atoms with Crippen molar-refractivity contribution in [2.45, 2.75) is 6.92 Å². The molecule has 0 saturated carbocycles. The first-order valence-corrected chi connectivity index (χ1v) is 6.42. The highest BCUT2D eigenvalue weighted by Crippen LogP contribution is 2.33. The van der Waals surface area contributed by atoms with Crippen LogP contribution in [-0.4, -0.2) is 4.92 Å². The monoisotopic (exact) mass is 332 g/mol. The lowest BCUT2D eigenvalue weighted by Gasteiger charge is -2.08. The Hall–Kier alpha value is -2.39. The van der Waals surface area contributed by atoms with Gasteiger partial charge in [0.15, 0.2) is 0 Å². The fourth-order valence-electron chi connectivity index (χ4n) is 1.67. The second-order valence-electron chi connectivity index (χ2n) is 4.12. The fraction of sp³-hybridized carbons (Fsp3) is 0.0714. The van der Waals surface area contributed by atoms with Crippen molar-refractivity contribution in [2.75, 3.05) is 0 Å². The quantitative estimate of drug-likeness (QED) is 0.619. The first-order valence-electron chi connectivity index (χ1n) is 5.63. The van der Waals surface area contributed by atoms with E-state index in [0.717, 1.165) is 5.56 Å². The molecule has 0 N–H and O–H groups in total. The number of nitriles is 1. The van der Waals surface area contributed by atoms with Gasteiger partial charge in [-0.2, -0.15) is 5.26 Å². The van der Waals surface area contributed by atoms with Crippen LogP contribution in [0.3, 0.4) is 0 Å². The van der Waals surface area contributed by atoms with E-state index in [1.54, 1.807) is 24.3 Å². The number of benzene rings is 2. The van der Waals surface area contributed by atoms with Gasteiger partial charge in [-0.1, -0.05) is 22.0 Å². The molecule has 0 atom stereocenters. The third-order valence-corrected chi connectivity index (χ3v) is 3.00. The summed E-state index contributed by atoms with van der Waals surface area (Å²) in [5.41, 5.74) is 1.14. The Morgan fingerprint density at radius 2 is 2.05 bits per heavy atom. The summed E-state index contributed by atoms with van der Waals surface area (Å²) in [6, 6.07) is 11.4. The van der Waals surface area contributed by atoms with Crippen LogP contribution in [0.1, 0.15) is 11.1 Å². The van der Waals surface area contributed by atoms with Crippen LogP contribution in [0.4, 0.5) is 5.69 Å². The van der Waals surface area contributed by atoms with Gasteiger partial charge in [0.1, 0.15) is 5.75 Å². The Bertz CT molecular complexity index is 723. The Morgan fingerprint density at radius 3 is 2.70 bits per heavy atom. The van der Waals surface area contributed by atoms with Crippen molar-refractivity contribution in [1.29, 1.82) is 5.26 Å². The van der Waals surface area contributed by atoms with Gasteiger partial charge in [0.2, 0.25) is 5.75 Å². The van der Waals surface area contributed by atoms with Gasteiger partial charge in [-0.05, 0) is 36.8 Å².